The fourth-order valence-corrected chi connectivity index (χ4v) is 2.76. The van der Waals surface area contributed by atoms with Crippen molar-refractivity contribution >= 4 is 23.8 Å². The standard InChI is InChI=1S/C10H18N2O3S/c1-2-8(9(13)14)12-10(15)11-6-7-4-3-5-16-7/h7-8H,2-6H2,1H3,(H,13,14)(H2,11,12,15)/t7?,8-/m0/s1. The summed E-state index contributed by atoms with van der Waals surface area (Å²) in [5.41, 5.74) is 0. The number of carboxylic acids is 1. The molecule has 0 aromatic rings. The maximum Gasteiger partial charge on any atom is 0.326 e. The van der Waals surface area contributed by atoms with Crippen LogP contribution in [0, 0.1) is 0 Å². The SMILES string of the molecule is CC[C@H](NC(=O)NCC1CCCS1)C(=O)O. The van der Waals surface area contributed by atoms with Gasteiger partial charge >= 0.3 is 12.0 Å². The highest BCUT2D eigenvalue weighted by Gasteiger charge is 2.19. The third kappa shape index (κ3) is 4.30. The lowest BCUT2D eigenvalue weighted by atomic mass is 10.2. The van der Waals surface area contributed by atoms with Crippen LogP contribution >= 0.6 is 11.8 Å². The van der Waals surface area contributed by atoms with Crippen LogP contribution in [0.25, 0.3) is 0 Å². The van der Waals surface area contributed by atoms with Crippen LogP contribution in [-0.4, -0.2) is 40.7 Å². The summed E-state index contributed by atoms with van der Waals surface area (Å²) in [6.07, 6.45) is 2.72. The molecule has 6 heteroatoms. The van der Waals surface area contributed by atoms with Gasteiger partial charge in [-0.1, -0.05) is 6.92 Å². The summed E-state index contributed by atoms with van der Waals surface area (Å²) in [5.74, 6) is 0.161. The van der Waals surface area contributed by atoms with Crippen LogP contribution < -0.4 is 10.6 Å². The van der Waals surface area contributed by atoms with Crippen LogP contribution in [0.2, 0.25) is 0 Å². The van der Waals surface area contributed by atoms with Gasteiger partial charge in [-0.25, -0.2) is 9.59 Å². The highest BCUT2D eigenvalue weighted by molar-refractivity contribution is 8.00. The first-order valence-electron chi connectivity index (χ1n) is 5.52. The molecule has 3 N–H and O–H groups in total. The van der Waals surface area contributed by atoms with Crippen LogP contribution in [0.15, 0.2) is 0 Å². The molecule has 0 aliphatic carbocycles. The van der Waals surface area contributed by atoms with Crippen molar-refractivity contribution in [3.8, 4) is 0 Å². The zero-order valence-corrected chi connectivity index (χ0v) is 10.2. The molecule has 0 bridgehead atoms. The number of aliphatic carboxylic acids is 1. The number of rotatable bonds is 5. The summed E-state index contributed by atoms with van der Waals surface area (Å²) < 4.78 is 0. The first kappa shape index (κ1) is 13.2. The first-order chi connectivity index (χ1) is 7.63. The number of hydrogen-bond acceptors (Lipinski definition) is 3. The van der Waals surface area contributed by atoms with E-state index in [4.69, 9.17) is 5.11 Å². The molecule has 1 heterocycles. The van der Waals surface area contributed by atoms with Crippen LogP contribution in [-0.2, 0) is 4.79 Å². The maximum atomic E-state index is 11.4. The number of hydrogen-bond donors (Lipinski definition) is 3. The Morgan fingerprint density at radius 3 is 2.81 bits per heavy atom. The van der Waals surface area contributed by atoms with Crippen LogP contribution in [0.5, 0.6) is 0 Å². The van der Waals surface area contributed by atoms with Gasteiger partial charge in [-0.3, -0.25) is 0 Å². The van der Waals surface area contributed by atoms with Gasteiger partial charge in [-0.05, 0) is 25.0 Å². The summed E-state index contributed by atoms with van der Waals surface area (Å²) >= 11 is 1.86. The topological polar surface area (TPSA) is 78.4 Å². The quantitative estimate of drug-likeness (QED) is 0.677. The average molecular weight is 246 g/mol. The molecular weight excluding hydrogens is 228 g/mol. The lowest BCUT2D eigenvalue weighted by Gasteiger charge is -2.14. The first-order valence-corrected chi connectivity index (χ1v) is 6.57. The predicted molar refractivity (Wildman–Crippen MR) is 63.7 cm³/mol. The molecule has 2 atom stereocenters. The Kier molecular flexibility index (Phi) is 5.45. The van der Waals surface area contributed by atoms with Crippen LogP contribution in [0.4, 0.5) is 4.79 Å². The Bertz CT molecular complexity index is 254. The number of urea groups is 1. The van der Waals surface area contributed by atoms with Gasteiger partial charge in [0.05, 0.1) is 0 Å². The fraction of sp³-hybridized carbons (Fsp3) is 0.800. The van der Waals surface area contributed by atoms with Gasteiger partial charge in [-0.15, -0.1) is 0 Å². The molecule has 1 aliphatic rings. The van der Waals surface area contributed by atoms with E-state index in [1.807, 2.05) is 11.8 Å². The lowest BCUT2D eigenvalue weighted by Crippen LogP contribution is -2.46. The average Bonchev–Trinajstić information content (AvgIpc) is 2.75. The van der Waals surface area contributed by atoms with E-state index >= 15 is 0 Å². The second kappa shape index (κ2) is 6.62. The monoisotopic (exact) mass is 246 g/mol. The number of nitrogens with one attached hydrogen (secondary N) is 2. The van der Waals surface area contributed by atoms with Gasteiger partial charge in [0, 0.05) is 11.8 Å². The molecule has 1 aliphatic heterocycles. The minimum atomic E-state index is -0.993. The lowest BCUT2D eigenvalue weighted by molar-refractivity contribution is -0.139. The Balaban J connectivity index is 2.21. The molecule has 1 rings (SSSR count). The van der Waals surface area contributed by atoms with Crippen molar-refractivity contribution < 1.29 is 14.7 Å². The number of carbonyl (C=O) groups excluding carboxylic acids is 1. The second-order valence-electron chi connectivity index (χ2n) is 3.79. The number of thioether (sulfide) groups is 1. The summed E-state index contributed by atoms with van der Waals surface area (Å²) in [5, 5.41) is 14.4. The van der Waals surface area contributed by atoms with E-state index in [2.05, 4.69) is 10.6 Å². The van der Waals surface area contributed by atoms with E-state index in [-0.39, 0.29) is 6.03 Å². The third-order valence-corrected chi connectivity index (χ3v) is 3.92. The molecule has 92 valence electrons. The van der Waals surface area contributed by atoms with Crippen molar-refractivity contribution in [1.82, 2.24) is 10.6 Å². The fourth-order valence-electron chi connectivity index (χ4n) is 1.56. The van der Waals surface area contributed by atoms with Crippen molar-refractivity contribution in [2.24, 2.45) is 0 Å². The summed E-state index contributed by atoms with van der Waals surface area (Å²) in [6, 6.07) is -1.18. The minimum Gasteiger partial charge on any atom is -0.480 e. The Hall–Kier alpha value is -0.910. The number of amides is 2. The predicted octanol–water partition coefficient (Wildman–Crippen LogP) is 1.04. The van der Waals surface area contributed by atoms with Gasteiger partial charge in [0.25, 0.3) is 0 Å². The minimum absolute atomic E-state index is 0.387. The smallest absolute Gasteiger partial charge is 0.326 e. The summed E-state index contributed by atoms with van der Waals surface area (Å²) in [7, 11) is 0. The number of carbonyl (C=O) groups is 2. The van der Waals surface area contributed by atoms with E-state index in [0.717, 1.165) is 12.2 Å². The van der Waals surface area contributed by atoms with Gasteiger partial charge < -0.3 is 15.7 Å². The summed E-state index contributed by atoms with van der Waals surface area (Å²) in [4.78, 5) is 22.1. The van der Waals surface area contributed by atoms with Crippen molar-refractivity contribution in [1.29, 1.82) is 0 Å². The molecule has 5 nitrogen and oxygen atoms in total. The molecule has 0 aromatic carbocycles. The summed E-state index contributed by atoms with van der Waals surface area (Å²) in [6.45, 7) is 2.35. The van der Waals surface area contributed by atoms with E-state index in [1.54, 1.807) is 6.92 Å². The molecule has 0 saturated carbocycles. The van der Waals surface area contributed by atoms with E-state index < -0.39 is 12.0 Å². The molecular formula is C10H18N2O3S. The maximum absolute atomic E-state index is 11.4. The molecule has 0 aromatic heterocycles. The van der Waals surface area contributed by atoms with Crippen molar-refractivity contribution in [3.63, 3.8) is 0 Å². The van der Waals surface area contributed by atoms with E-state index in [0.29, 0.717) is 18.2 Å². The molecule has 1 saturated heterocycles. The van der Waals surface area contributed by atoms with E-state index in [1.165, 1.54) is 6.42 Å². The normalized spacial score (nSPS) is 21.4. The van der Waals surface area contributed by atoms with Crippen LogP contribution in [0.3, 0.4) is 0 Å². The highest BCUT2D eigenvalue weighted by Crippen LogP contribution is 2.25. The van der Waals surface area contributed by atoms with Crippen LogP contribution in [0.1, 0.15) is 26.2 Å². The van der Waals surface area contributed by atoms with Crippen molar-refractivity contribution in [2.75, 3.05) is 12.3 Å². The molecule has 0 radical (unpaired) electrons. The molecule has 16 heavy (non-hydrogen) atoms. The second-order valence-corrected chi connectivity index (χ2v) is 5.20. The van der Waals surface area contributed by atoms with Gasteiger partial charge in [0.2, 0.25) is 0 Å². The zero-order chi connectivity index (χ0) is 12.0. The molecule has 1 fully saturated rings. The Morgan fingerprint density at radius 2 is 2.31 bits per heavy atom. The third-order valence-electron chi connectivity index (χ3n) is 2.53. The van der Waals surface area contributed by atoms with Crippen molar-refractivity contribution in [2.45, 2.75) is 37.5 Å². The molecule has 2 amide bonds. The van der Waals surface area contributed by atoms with E-state index in [9.17, 15) is 9.59 Å². The zero-order valence-electron chi connectivity index (χ0n) is 9.36. The Labute approximate surface area is 99.4 Å². The van der Waals surface area contributed by atoms with Gasteiger partial charge in [0.15, 0.2) is 0 Å². The highest BCUT2D eigenvalue weighted by atomic mass is 32.2. The molecule has 0 spiro atoms. The largest absolute Gasteiger partial charge is 0.480 e. The van der Waals surface area contributed by atoms with Gasteiger partial charge in [-0.2, -0.15) is 11.8 Å². The number of carboxylic acid groups (broad SMARTS) is 1. The molecule has 1 unspecified atom stereocenters. The van der Waals surface area contributed by atoms with Crippen molar-refractivity contribution in [3.05, 3.63) is 0 Å². The van der Waals surface area contributed by atoms with Gasteiger partial charge in [0.1, 0.15) is 6.04 Å². The Morgan fingerprint density at radius 1 is 1.56 bits per heavy atom.